The van der Waals surface area contributed by atoms with Crippen LogP contribution < -0.4 is 11.1 Å². The lowest BCUT2D eigenvalue weighted by Crippen LogP contribution is -2.54. The van der Waals surface area contributed by atoms with Crippen LogP contribution in [0.2, 0.25) is 0 Å². The summed E-state index contributed by atoms with van der Waals surface area (Å²) in [6, 6.07) is 0. The third-order valence-corrected chi connectivity index (χ3v) is 4.90. The maximum atomic E-state index is 11.6. The SMILES string of the molecule is CCCNC(C)(CC(C)SCC1CCCO1)C(N)=O. The molecule has 0 aliphatic carbocycles. The molecular formula is C14H28N2O2S. The molecular weight excluding hydrogens is 260 g/mol. The lowest BCUT2D eigenvalue weighted by Gasteiger charge is -2.30. The van der Waals surface area contributed by atoms with E-state index in [0.717, 1.165) is 31.7 Å². The highest BCUT2D eigenvalue weighted by atomic mass is 32.2. The monoisotopic (exact) mass is 288 g/mol. The molecule has 1 rings (SSSR count). The van der Waals surface area contributed by atoms with Gasteiger partial charge >= 0.3 is 0 Å². The summed E-state index contributed by atoms with van der Waals surface area (Å²) in [7, 11) is 0. The standard InChI is InChI=1S/C14H28N2O2S/c1-4-7-16-14(3,13(15)17)9-11(2)19-10-12-6-5-8-18-12/h11-12,16H,4-10H2,1-3H3,(H2,15,17). The minimum Gasteiger partial charge on any atom is -0.377 e. The molecule has 1 heterocycles. The lowest BCUT2D eigenvalue weighted by atomic mass is 9.95. The topological polar surface area (TPSA) is 64.3 Å². The molecule has 3 N–H and O–H groups in total. The molecule has 0 bridgehead atoms. The first kappa shape index (κ1) is 16.8. The lowest BCUT2D eigenvalue weighted by molar-refractivity contribution is -0.124. The Hall–Kier alpha value is -0.260. The number of nitrogens with two attached hydrogens (primary N) is 1. The maximum absolute atomic E-state index is 11.6. The molecule has 0 radical (unpaired) electrons. The van der Waals surface area contributed by atoms with Gasteiger partial charge in [0.1, 0.15) is 0 Å². The predicted octanol–water partition coefficient (Wildman–Crippen LogP) is 1.92. The van der Waals surface area contributed by atoms with Crippen molar-refractivity contribution in [2.24, 2.45) is 5.73 Å². The van der Waals surface area contributed by atoms with Gasteiger partial charge in [-0.2, -0.15) is 11.8 Å². The van der Waals surface area contributed by atoms with Crippen LogP contribution in [0.25, 0.3) is 0 Å². The first-order chi connectivity index (χ1) is 8.98. The molecule has 1 amide bonds. The summed E-state index contributed by atoms with van der Waals surface area (Å²) in [5.41, 5.74) is 4.94. The van der Waals surface area contributed by atoms with E-state index in [1.54, 1.807) is 0 Å². The highest BCUT2D eigenvalue weighted by Crippen LogP contribution is 2.25. The Labute approximate surface area is 121 Å². The summed E-state index contributed by atoms with van der Waals surface area (Å²) in [5.74, 6) is 0.759. The fraction of sp³-hybridized carbons (Fsp3) is 0.929. The second kappa shape index (κ2) is 8.12. The molecule has 3 unspecified atom stereocenters. The van der Waals surface area contributed by atoms with Crippen LogP contribution >= 0.6 is 11.8 Å². The van der Waals surface area contributed by atoms with Gasteiger partial charge in [-0.15, -0.1) is 0 Å². The molecule has 1 saturated heterocycles. The zero-order valence-corrected chi connectivity index (χ0v) is 13.2. The number of carbonyl (C=O) groups excluding carboxylic acids is 1. The van der Waals surface area contributed by atoms with Crippen molar-refractivity contribution in [1.82, 2.24) is 5.32 Å². The molecule has 19 heavy (non-hydrogen) atoms. The van der Waals surface area contributed by atoms with Gasteiger partial charge in [-0.05, 0) is 39.2 Å². The van der Waals surface area contributed by atoms with Crippen LogP contribution in [0.3, 0.4) is 0 Å². The van der Waals surface area contributed by atoms with Crippen molar-refractivity contribution < 1.29 is 9.53 Å². The molecule has 3 atom stereocenters. The molecule has 0 aromatic rings. The van der Waals surface area contributed by atoms with Crippen molar-refractivity contribution in [3.8, 4) is 0 Å². The van der Waals surface area contributed by atoms with Gasteiger partial charge in [0.05, 0.1) is 11.6 Å². The minimum absolute atomic E-state index is 0.259. The largest absolute Gasteiger partial charge is 0.377 e. The fourth-order valence-electron chi connectivity index (χ4n) is 2.34. The number of rotatable bonds is 9. The number of carbonyl (C=O) groups is 1. The Kier molecular flexibility index (Phi) is 7.18. The van der Waals surface area contributed by atoms with E-state index in [2.05, 4.69) is 19.2 Å². The van der Waals surface area contributed by atoms with Crippen LogP contribution in [0.5, 0.6) is 0 Å². The van der Waals surface area contributed by atoms with Crippen LogP contribution in [0.4, 0.5) is 0 Å². The Morgan fingerprint density at radius 2 is 2.37 bits per heavy atom. The number of amides is 1. The van der Waals surface area contributed by atoms with E-state index < -0.39 is 5.54 Å². The van der Waals surface area contributed by atoms with Crippen LogP contribution in [0, 0.1) is 0 Å². The number of nitrogens with one attached hydrogen (secondary N) is 1. The van der Waals surface area contributed by atoms with E-state index in [1.807, 2.05) is 18.7 Å². The second-order valence-corrected chi connectivity index (χ2v) is 7.08. The number of hydrogen-bond acceptors (Lipinski definition) is 4. The normalized spacial score (nSPS) is 24.1. The van der Waals surface area contributed by atoms with Gasteiger partial charge in [0, 0.05) is 17.6 Å². The van der Waals surface area contributed by atoms with Crippen molar-refractivity contribution in [2.75, 3.05) is 18.9 Å². The zero-order chi connectivity index (χ0) is 14.3. The maximum Gasteiger partial charge on any atom is 0.237 e. The third-order valence-electron chi connectivity index (χ3n) is 3.60. The van der Waals surface area contributed by atoms with Gasteiger partial charge in [-0.1, -0.05) is 13.8 Å². The first-order valence-corrected chi connectivity index (χ1v) is 8.31. The van der Waals surface area contributed by atoms with Crippen LogP contribution in [0.15, 0.2) is 0 Å². The summed E-state index contributed by atoms with van der Waals surface area (Å²) in [6.45, 7) is 7.88. The van der Waals surface area contributed by atoms with Crippen LogP contribution in [0.1, 0.15) is 46.5 Å². The van der Waals surface area contributed by atoms with Crippen molar-refractivity contribution in [2.45, 2.75) is 63.3 Å². The summed E-state index contributed by atoms with van der Waals surface area (Å²) < 4.78 is 5.62. The number of thioether (sulfide) groups is 1. The molecule has 1 aliphatic heterocycles. The third kappa shape index (κ3) is 5.71. The van der Waals surface area contributed by atoms with Crippen LogP contribution in [-0.4, -0.2) is 41.7 Å². The van der Waals surface area contributed by atoms with Crippen molar-refractivity contribution >= 4 is 17.7 Å². The van der Waals surface area contributed by atoms with E-state index >= 15 is 0 Å². The molecule has 0 saturated carbocycles. The molecule has 0 aromatic carbocycles. The Bertz CT molecular complexity index is 283. The second-order valence-electron chi connectivity index (χ2n) is 5.61. The summed E-state index contributed by atoms with van der Waals surface area (Å²) >= 11 is 1.88. The molecule has 5 heteroatoms. The van der Waals surface area contributed by atoms with E-state index in [9.17, 15) is 4.79 Å². The van der Waals surface area contributed by atoms with E-state index in [4.69, 9.17) is 10.5 Å². The average Bonchev–Trinajstić information content (AvgIpc) is 2.87. The van der Waals surface area contributed by atoms with Gasteiger partial charge in [0.2, 0.25) is 5.91 Å². The highest BCUT2D eigenvalue weighted by Gasteiger charge is 2.32. The van der Waals surface area contributed by atoms with Crippen molar-refractivity contribution in [3.05, 3.63) is 0 Å². The van der Waals surface area contributed by atoms with Crippen molar-refractivity contribution in [1.29, 1.82) is 0 Å². The number of ether oxygens (including phenoxy) is 1. The van der Waals surface area contributed by atoms with E-state index in [0.29, 0.717) is 11.4 Å². The summed E-state index contributed by atoms with van der Waals surface area (Å²) in [4.78, 5) is 11.6. The molecule has 112 valence electrons. The van der Waals surface area contributed by atoms with Gasteiger partial charge in [0.25, 0.3) is 0 Å². The molecule has 1 aliphatic rings. The fourth-order valence-corrected chi connectivity index (χ4v) is 3.60. The number of primary amides is 1. The van der Waals surface area contributed by atoms with Gasteiger partial charge in [0.15, 0.2) is 0 Å². The minimum atomic E-state index is -0.598. The Morgan fingerprint density at radius 1 is 1.63 bits per heavy atom. The Morgan fingerprint density at radius 3 is 2.89 bits per heavy atom. The zero-order valence-electron chi connectivity index (χ0n) is 12.4. The molecule has 4 nitrogen and oxygen atoms in total. The van der Waals surface area contributed by atoms with Crippen molar-refractivity contribution in [3.63, 3.8) is 0 Å². The summed E-state index contributed by atoms with van der Waals surface area (Å²) in [6.07, 6.45) is 4.51. The summed E-state index contributed by atoms with van der Waals surface area (Å²) in [5, 5.41) is 3.68. The Balaban J connectivity index is 2.37. The molecule has 1 fully saturated rings. The van der Waals surface area contributed by atoms with E-state index in [-0.39, 0.29) is 5.91 Å². The van der Waals surface area contributed by atoms with Crippen LogP contribution in [-0.2, 0) is 9.53 Å². The molecule has 0 aromatic heterocycles. The first-order valence-electron chi connectivity index (χ1n) is 7.26. The van der Waals surface area contributed by atoms with Gasteiger partial charge in [-0.25, -0.2) is 0 Å². The van der Waals surface area contributed by atoms with E-state index in [1.165, 1.54) is 12.8 Å². The van der Waals surface area contributed by atoms with Gasteiger partial charge in [-0.3, -0.25) is 4.79 Å². The average molecular weight is 288 g/mol. The van der Waals surface area contributed by atoms with Gasteiger partial charge < -0.3 is 15.8 Å². The highest BCUT2D eigenvalue weighted by molar-refractivity contribution is 7.99. The quantitative estimate of drug-likeness (QED) is 0.680. The smallest absolute Gasteiger partial charge is 0.237 e. The predicted molar refractivity (Wildman–Crippen MR) is 81.4 cm³/mol. The molecule has 0 spiro atoms. The number of hydrogen-bond donors (Lipinski definition) is 2.